The molecule has 0 aromatic heterocycles. The van der Waals surface area contributed by atoms with Crippen LogP contribution in [0.5, 0.6) is 5.75 Å². The van der Waals surface area contributed by atoms with E-state index in [2.05, 4.69) is 5.32 Å². The number of urea groups is 1. The molecule has 0 radical (unpaired) electrons. The van der Waals surface area contributed by atoms with Crippen molar-refractivity contribution < 1.29 is 19.1 Å². The Morgan fingerprint density at radius 3 is 2.50 bits per heavy atom. The number of benzene rings is 1. The maximum absolute atomic E-state index is 12.7. The second-order valence-corrected chi connectivity index (χ2v) is 6.14. The monoisotopic (exact) mass is 331 g/mol. The number of carbonyl (C=O) groups is 3. The number of ether oxygens (including phenoxy) is 1. The molecular formula is C17H21N3O4. The minimum absolute atomic E-state index is 0.00487. The molecule has 0 aliphatic carbocycles. The van der Waals surface area contributed by atoms with Crippen LogP contribution in [0.3, 0.4) is 0 Å². The minimum atomic E-state index is -0.865. The molecule has 0 saturated carbocycles. The lowest BCUT2D eigenvalue weighted by Crippen LogP contribution is -2.55. The van der Waals surface area contributed by atoms with Gasteiger partial charge in [0, 0.05) is 20.0 Å². The summed E-state index contributed by atoms with van der Waals surface area (Å²) in [4.78, 5) is 39.2. The molecule has 2 heterocycles. The van der Waals surface area contributed by atoms with E-state index in [1.54, 1.807) is 4.90 Å². The van der Waals surface area contributed by atoms with Crippen LogP contribution in [-0.4, -0.2) is 59.4 Å². The summed E-state index contributed by atoms with van der Waals surface area (Å²) in [5, 5.41) is 2.82. The van der Waals surface area contributed by atoms with Crippen LogP contribution in [0.4, 0.5) is 4.79 Å². The molecule has 2 aliphatic rings. The fourth-order valence-electron chi connectivity index (χ4n) is 3.19. The largest absolute Gasteiger partial charge is 0.492 e. The van der Waals surface area contributed by atoms with Crippen molar-refractivity contribution in [3.05, 3.63) is 30.3 Å². The van der Waals surface area contributed by atoms with Crippen LogP contribution in [0.2, 0.25) is 0 Å². The summed E-state index contributed by atoms with van der Waals surface area (Å²) < 4.78 is 5.56. The summed E-state index contributed by atoms with van der Waals surface area (Å²) in [6.45, 7) is 2.93. The first kappa shape index (κ1) is 16.3. The van der Waals surface area contributed by atoms with Gasteiger partial charge in [-0.3, -0.25) is 14.5 Å². The highest BCUT2D eigenvalue weighted by molar-refractivity contribution is 6.07. The van der Waals surface area contributed by atoms with Crippen molar-refractivity contribution in [3.8, 4) is 5.75 Å². The lowest BCUT2D eigenvalue weighted by Gasteiger charge is -2.36. The number of rotatable bonds is 4. The lowest BCUT2D eigenvalue weighted by molar-refractivity contribution is -0.137. The van der Waals surface area contributed by atoms with Gasteiger partial charge in [0.25, 0.3) is 5.91 Å². The van der Waals surface area contributed by atoms with Crippen molar-refractivity contribution in [1.82, 2.24) is 15.1 Å². The normalized spacial score (nSPS) is 19.5. The zero-order valence-corrected chi connectivity index (χ0v) is 13.7. The highest BCUT2D eigenvalue weighted by atomic mass is 16.5. The average molecular weight is 331 g/mol. The van der Waals surface area contributed by atoms with Crippen molar-refractivity contribution in [1.29, 1.82) is 0 Å². The van der Waals surface area contributed by atoms with Gasteiger partial charge in [0.15, 0.2) is 0 Å². The Kier molecular flexibility index (Phi) is 4.42. The van der Waals surface area contributed by atoms with E-state index in [0.717, 1.165) is 0 Å². The molecule has 2 aliphatic heterocycles. The van der Waals surface area contributed by atoms with Gasteiger partial charge in [-0.2, -0.15) is 0 Å². The van der Waals surface area contributed by atoms with Crippen LogP contribution < -0.4 is 10.1 Å². The van der Waals surface area contributed by atoms with Crippen LogP contribution in [0.25, 0.3) is 0 Å². The van der Waals surface area contributed by atoms with Crippen molar-refractivity contribution in [2.75, 3.05) is 26.2 Å². The molecule has 0 bridgehead atoms. The standard InChI is InChI=1S/C17H21N3O4/c1-13(21)19-9-7-17(8-10-19)15(22)20(16(23)18-17)11-12-24-14-5-3-2-4-6-14/h2-6H,7-12H2,1H3,(H,18,23). The maximum atomic E-state index is 12.7. The van der Waals surface area contributed by atoms with Gasteiger partial charge in [0.1, 0.15) is 17.9 Å². The van der Waals surface area contributed by atoms with Crippen LogP contribution >= 0.6 is 0 Å². The first-order valence-corrected chi connectivity index (χ1v) is 8.09. The fraction of sp³-hybridized carbons (Fsp3) is 0.471. The SMILES string of the molecule is CC(=O)N1CCC2(CC1)NC(=O)N(CCOc1ccccc1)C2=O. The number of amides is 4. The third-order valence-corrected chi connectivity index (χ3v) is 4.64. The minimum Gasteiger partial charge on any atom is -0.492 e. The van der Waals surface area contributed by atoms with Gasteiger partial charge >= 0.3 is 6.03 Å². The summed E-state index contributed by atoms with van der Waals surface area (Å²) in [5.74, 6) is 0.483. The third kappa shape index (κ3) is 3.06. The van der Waals surface area contributed by atoms with Gasteiger partial charge in [-0.15, -0.1) is 0 Å². The second kappa shape index (κ2) is 6.51. The molecule has 0 unspecified atom stereocenters. The summed E-state index contributed by atoms with van der Waals surface area (Å²) in [6.07, 6.45) is 0.903. The van der Waals surface area contributed by atoms with Gasteiger partial charge in [0.05, 0.1) is 6.54 Å². The fourth-order valence-corrected chi connectivity index (χ4v) is 3.19. The molecule has 1 N–H and O–H groups in total. The van der Waals surface area contributed by atoms with E-state index < -0.39 is 5.54 Å². The predicted octanol–water partition coefficient (Wildman–Crippen LogP) is 0.998. The van der Waals surface area contributed by atoms with E-state index in [-0.39, 0.29) is 31.0 Å². The van der Waals surface area contributed by atoms with E-state index in [4.69, 9.17) is 4.74 Å². The molecule has 0 atom stereocenters. The molecule has 3 rings (SSSR count). The van der Waals surface area contributed by atoms with Gasteiger partial charge in [-0.25, -0.2) is 4.79 Å². The number of hydrogen-bond acceptors (Lipinski definition) is 4. The van der Waals surface area contributed by atoms with Crippen molar-refractivity contribution in [3.63, 3.8) is 0 Å². The summed E-state index contributed by atoms with van der Waals surface area (Å²) in [6, 6.07) is 8.88. The molecule has 2 fully saturated rings. The first-order valence-electron chi connectivity index (χ1n) is 8.09. The number of hydrogen-bond donors (Lipinski definition) is 1. The summed E-state index contributed by atoms with van der Waals surface area (Å²) >= 11 is 0. The van der Waals surface area contributed by atoms with Crippen LogP contribution in [0, 0.1) is 0 Å². The Bertz CT molecular complexity index is 638. The number of nitrogens with zero attached hydrogens (tertiary/aromatic N) is 2. The molecule has 7 nitrogen and oxygen atoms in total. The molecule has 7 heteroatoms. The van der Waals surface area contributed by atoms with E-state index >= 15 is 0 Å². The number of nitrogens with one attached hydrogen (secondary N) is 1. The number of para-hydroxylation sites is 1. The Morgan fingerprint density at radius 1 is 1.21 bits per heavy atom. The zero-order chi connectivity index (χ0) is 17.2. The molecule has 2 saturated heterocycles. The van der Waals surface area contributed by atoms with E-state index in [1.807, 2.05) is 30.3 Å². The third-order valence-electron chi connectivity index (χ3n) is 4.64. The highest BCUT2D eigenvalue weighted by Gasteiger charge is 2.52. The Balaban J connectivity index is 1.57. The van der Waals surface area contributed by atoms with E-state index in [1.165, 1.54) is 11.8 Å². The van der Waals surface area contributed by atoms with Gasteiger partial charge in [-0.1, -0.05) is 18.2 Å². The average Bonchev–Trinajstić information content (AvgIpc) is 2.80. The van der Waals surface area contributed by atoms with Crippen LogP contribution in [-0.2, 0) is 9.59 Å². The van der Waals surface area contributed by atoms with Gasteiger partial charge in [-0.05, 0) is 25.0 Å². The Hall–Kier alpha value is -2.57. The van der Waals surface area contributed by atoms with E-state index in [0.29, 0.717) is 31.7 Å². The quantitative estimate of drug-likeness (QED) is 0.835. The first-order chi connectivity index (χ1) is 11.5. The van der Waals surface area contributed by atoms with Crippen molar-refractivity contribution in [2.24, 2.45) is 0 Å². The summed E-state index contributed by atoms with van der Waals surface area (Å²) in [7, 11) is 0. The van der Waals surface area contributed by atoms with Gasteiger partial charge < -0.3 is 15.0 Å². The highest BCUT2D eigenvalue weighted by Crippen LogP contribution is 2.29. The lowest BCUT2D eigenvalue weighted by atomic mass is 9.87. The van der Waals surface area contributed by atoms with Crippen LogP contribution in [0.1, 0.15) is 19.8 Å². The predicted molar refractivity (Wildman–Crippen MR) is 86.4 cm³/mol. The number of carbonyl (C=O) groups excluding carboxylic acids is 3. The van der Waals surface area contributed by atoms with Gasteiger partial charge in [0.2, 0.25) is 5.91 Å². The number of imide groups is 1. The number of piperidine rings is 1. The molecular weight excluding hydrogens is 310 g/mol. The maximum Gasteiger partial charge on any atom is 0.325 e. The van der Waals surface area contributed by atoms with Crippen LogP contribution in [0.15, 0.2) is 30.3 Å². The van der Waals surface area contributed by atoms with Crippen molar-refractivity contribution >= 4 is 17.8 Å². The molecule has 1 aromatic carbocycles. The molecule has 1 spiro atoms. The Morgan fingerprint density at radius 2 is 1.88 bits per heavy atom. The number of likely N-dealkylation sites (tertiary alicyclic amines) is 1. The Labute approximate surface area is 140 Å². The molecule has 128 valence electrons. The summed E-state index contributed by atoms with van der Waals surface area (Å²) in [5.41, 5.74) is -0.865. The zero-order valence-electron chi connectivity index (χ0n) is 13.7. The molecule has 4 amide bonds. The molecule has 1 aromatic rings. The smallest absolute Gasteiger partial charge is 0.325 e. The second-order valence-electron chi connectivity index (χ2n) is 6.14. The van der Waals surface area contributed by atoms with E-state index in [9.17, 15) is 14.4 Å². The topological polar surface area (TPSA) is 79.0 Å². The molecule has 24 heavy (non-hydrogen) atoms. The van der Waals surface area contributed by atoms with Crippen molar-refractivity contribution in [2.45, 2.75) is 25.3 Å².